The van der Waals surface area contributed by atoms with Crippen LogP contribution in [0.5, 0.6) is 0 Å². The Morgan fingerprint density at radius 3 is 3.00 bits per heavy atom. The number of hydrogen-bond donors (Lipinski definition) is 1. The van der Waals surface area contributed by atoms with Crippen molar-refractivity contribution in [3.63, 3.8) is 0 Å². The molecule has 2 unspecified atom stereocenters. The summed E-state index contributed by atoms with van der Waals surface area (Å²) in [6.07, 6.45) is 6.64. The Bertz CT molecular complexity index is 371. The van der Waals surface area contributed by atoms with Crippen molar-refractivity contribution in [1.29, 1.82) is 0 Å². The summed E-state index contributed by atoms with van der Waals surface area (Å²) in [5.41, 5.74) is 0.353. The van der Waals surface area contributed by atoms with E-state index in [1.54, 1.807) is 11.3 Å². The summed E-state index contributed by atoms with van der Waals surface area (Å²) in [6, 6.07) is 0. The number of aryl methyl sites for hydroxylation is 1. The average molecular weight is 223 g/mol. The molecule has 1 aliphatic carbocycles. The molecule has 1 N–H and O–H groups in total. The zero-order chi connectivity index (χ0) is 10.9. The van der Waals surface area contributed by atoms with Gasteiger partial charge in [-0.3, -0.25) is 0 Å². The molecule has 0 aliphatic heterocycles. The summed E-state index contributed by atoms with van der Waals surface area (Å²) in [4.78, 5) is 4.39. The lowest BCUT2D eigenvalue weighted by Crippen LogP contribution is -2.32. The molecule has 0 amide bonds. The summed E-state index contributed by atoms with van der Waals surface area (Å²) in [5, 5.41) is 13.4. The molecule has 0 bridgehead atoms. The van der Waals surface area contributed by atoms with Crippen LogP contribution in [0.3, 0.4) is 0 Å². The molecular weight excluding hydrogens is 206 g/mol. The quantitative estimate of drug-likeness (QED) is 0.782. The van der Waals surface area contributed by atoms with Gasteiger partial charge in [0.2, 0.25) is 0 Å². The zero-order valence-electron chi connectivity index (χ0n) is 9.23. The minimum atomic E-state index is -0.660. The molecule has 0 spiro atoms. The lowest BCUT2D eigenvalue weighted by molar-refractivity contribution is 0.0692. The summed E-state index contributed by atoms with van der Waals surface area (Å²) in [6.45, 7) is 4.18. The number of allylic oxidation sites excluding steroid dienone is 1. The number of thiazole rings is 1. The first-order chi connectivity index (χ1) is 7.07. The molecule has 82 valence electrons. The minimum absolute atomic E-state index is 0.599. The van der Waals surface area contributed by atoms with Crippen LogP contribution in [0, 0.1) is 12.8 Å². The Balaban J connectivity index is 2.08. The monoisotopic (exact) mass is 223 g/mol. The molecule has 1 aromatic rings. The van der Waals surface area contributed by atoms with Gasteiger partial charge in [0.1, 0.15) is 0 Å². The number of hydrogen-bond acceptors (Lipinski definition) is 3. The second-order valence-corrected chi connectivity index (χ2v) is 5.58. The van der Waals surface area contributed by atoms with E-state index >= 15 is 0 Å². The van der Waals surface area contributed by atoms with Crippen LogP contribution < -0.4 is 0 Å². The van der Waals surface area contributed by atoms with E-state index in [9.17, 15) is 5.11 Å². The Morgan fingerprint density at radius 1 is 1.67 bits per heavy atom. The minimum Gasteiger partial charge on any atom is -0.385 e. The van der Waals surface area contributed by atoms with E-state index in [4.69, 9.17) is 0 Å². The average Bonchev–Trinajstić information content (AvgIpc) is 2.57. The van der Waals surface area contributed by atoms with Gasteiger partial charge < -0.3 is 5.11 Å². The van der Waals surface area contributed by atoms with Gasteiger partial charge in [0.25, 0.3) is 0 Å². The molecule has 15 heavy (non-hydrogen) atoms. The zero-order valence-corrected chi connectivity index (χ0v) is 10.0. The second kappa shape index (κ2) is 4.06. The van der Waals surface area contributed by atoms with Crippen molar-refractivity contribution >= 4 is 11.3 Å². The molecule has 1 heterocycles. The van der Waals surface area contributed by atoms with Gasteiger partial charge in [-0.25, -0.2) is 4.98 Å². The summed E-state index contributed by atoms with van der Waals surface area (Å²) >= 11 is 1.65. The first-order valence-corrected chi connectivity index (χ1v) is 6.28. The Hall–Kier alpha value is -0.670. The third kappa shape index (κ3) is 2.67. The lowest BCUT2D eigenvalue weighted by atomic mass is 9.83. The van der Waals surface area contributed by atoms with E-state index in [1.807, 2.05) is 18.4 Å². The van der Waals surface area contributed by atoms with Gasteiger partial charge in [-0.2, -0.15) is 0 Å². The van der Waals surface area contributed by atoms with E-state index in [0.717, 1.165) is 23.5 Å². The van der Waals surface area contributed by atoms with Crippen LogP contribution in [0.15, 0.2) is 17.5 Å². The first-order valence-electron chi connectivity index (χ1n) is 5.40. The number of aromatic nitrogens is 1. The van der Waals surface area contributed by atoms with E-state index in [0.29, 0.717) is 12.3 Å². The molecule has 1 aromatic heterocycles. The first kappa shape index (κ1) is 10.8. The molecule has 0 saturated heterocycles. The summed E-state index contributed by atoms with van der Waals surface area (Å²) in [7, 11) is 0. The molecule has 1 aliphatic rings. The molecule has 3 heteroatoms. The predicted octanol–water partition coefficient (Wildman–Crippen LogP) is 2.71. The Kier molecular flexibility index (Phi) is 2.94. The SMILES string of the molecule is Cc1nc(CC2(O)C=CC(C)CC2)cs1. The predicted molar refractivity (Wildman–Crippen MR) is 63.0 cm³/mol. The van der Waals surface area contributed by atoms with Gasteiger partial charge in [0, 0.05) is 11.8 Å². The van der Waals surface area contributed by atoms with Crippen molar-refractivity contribution in [3.8, 4) is 0 Å². The molecule has 2 nitrogen and oxygen atoms in total. The fourth-order valence-electron chi connectivity index (χ4n) is 1.95. The van der Waals surface area contributed by atoms with Crippen LogP contribution >= 0.6 is 11.3 Å². The van der Waals surface area contributed by atoms with Crippen LogP contribution in [0.4, 0.5) is 0 Å². The standard InChI is InChI=1S/C12H17NOS/c1-9-3-5-12(14,6-4-9)7-11-8-15-10(2)13-11/h3,5,8-9,14H,4,6-7H2,1-2H3. The highest BCUT2D eigenvalue weighted by Gasteiger charge is 2.28. The number of nitrogens with zero attached hydrogens (tertiary/aromatic N) is 1. The Labute approximate surface area is 94.7 Å². The van der Waals surface area contributed by atoms with Gasteiger partial charge in [-0.15, -0.1) is 11.3 Å². The van der Waals surface area contributed by atoms with E-state index in [2.05, 4.69) is 18.0 Å². The van der Waals surface area contributed by atoms with E-state index in [1.165, 1.54) is 0 Å². The fourth-order valence-corrected chi connectivity index (χ4v) is 2.56. The summed E-state index contributed by atoms with van der Waals surface area (Å²) in [5.74, 6) is 0.599. The van der Waals surface area contributed by atoms with Crippen LogP contribution in [0.25, 0.3) is 0 Å². The third-order valence-electron chi connectivity index (χ3n) is 2.92. The summed E-state index contributed by atoms with van der Waals surface area (Å²) < 4.78 is 0. The van der Waals surface area contributed by atoms with Gasteiger partial charge >= 0.3 is 0 Å². The fraction of sp³-hybridized carbons (Fsp3) is 0.583. The lowest BCUT2D eigenvalue weighted by Gasteiger charge is -2.29. The highest BCUT2D eigenvalue weighted by molar-refractivity contribution is 7.09. The van der Waals surface area contributed by atoms with Gasteiger partial charge in [-0.1, -0.05) is 19.1 Å². The van der Waals surface area contributed by atoms with Crippen LogP contribution in [-0.2, 0) is 6.42 Å². The molecule has 2 atom stereocenters. The highest BCUT2D eigenvalue weighted by atomic mass is 32.1. The molecule has 0 saturated carbocycles. The van der Waals surface area contributed by atoms with E-state index < -0.39 is 5.60 Å². The molecular formula is C12H17NOS. The van der Waals surface area contributed by atoms with Gasteiger partial charge in [0.05, 0.1) is 16.3 Å². The number of rotatable bonds is 2. The third-order valence-corrected chi connectivity index (χ3v) is 3.74. The van der Waals surface area contributed by atoms with Crippen molar-refractivity contribution in [2.75, 3.05) is 0 Å². The van der Waals surface area contributed by atoms with Crippen LogP contribution in [0.1, 0.15) is 30.5 Å². The van der Waals surface area contributed by atoms with Crippen molar-refractivity contribution < 1.29 is 5.11 Å². The van der Waals surface area contributed by atoms with Crippen molar-refractivity contribution in [3.05, 3.63) is 28.2 Å². The van der Waals surface area contributed by atoms with Gasteiger partial charge in [-0.05, 0) is 25.7 Å². The normalized spacial score (nSPS) is 30.7. The van der Waals surface area contributed by atoms with Crippen molar-refractivity contribution in [1.82, 2.24) is 4.98 Å². The largest absolute Gasteiger partial charge is 0.385 e. The van der Waals surface area contributed by atoms with Crippen molar-refractivity contribution in [2.24, 2.45) is 5.92 Å². The van der Waals surface area contributed by atoms with Gasteiger partial charge in [0.15, 0.2) is 0 Å². The van der Waals surface area contributed by atoms with Crippen molar-refractivity contribution in [2.45, 2.75) is 38.7 Å². The maximum absolute atomic E-state index is 10.3. The molecule has 0 fully saturated rings. The van der Waals surface area contributed by atoms with Crippen LogP contribution in [-0.4, -0.2) is 15.7 Å². The second-order valence-electron chi connectivity index (χ2n) is 4.51. The number of aliphatic hydroxyl groups is 1. The molecule has 0 radical (unpaired) electrons. The topological polar surface area (TPSA) is 33.1 Å². The van der Waals surface area contributed by atoms with Crippen LogP contribution in [0.2, 0.25) is 0 Å². The maximum Gasteiger partial charge on any atom is 0.0897 e. The maximum atomic E-state index is 10.3. The highest BCUT2D eigenvalue weighted by Crippen LogP contribution is 2.28. The van der Waals surface area contributed by atoms with E-state index in [-0.39, 0.29) is 0 Å². The molecule has 2 rings (SSSR count). The Morgan fingerprint density at radius 2 is 2.47 bits per heavy atom. The molecule has 0 aromatic carbocycles. The smallest absolute Gasteiger partial charge is 0.0897 e.